The van der Waals surface area contributed by atoms with Crippen molar-refractivity contribution in [3.8, 4) is 0 Å². The quantitative estimate of drug-likeness (QED) is 0.863. The number of piperidine rings is 1. The summed E-state index contributed by atoms with van der Waals surface area (Å²) in [6, 6.07) is 10.3. The number of likely N-dealkylation sites (tertiary alicyclic amines) is 1. The number of carbonyl (C=O) groups is 1. The molecule has 2 fully saturated rings. The fraction of sp³-hybridized carbons (Fsp3) is 0.588. The first kappa shape index (κ1) is 14.5. The van der Waals surface area contributed by atoms with Crippen molar-refractivity contribution in [2.75, 3.05) is 6.61 Å². The van der Waals surface area contributed by atoms with E-state index in [4.69, 9.17) is 4.74 Å². The molecule has 114 valence electrons. The van der Waals surface area contributed by atoms with E-state index < -0.39 is 0 Å². The van der Waals surface area contributed by atoms with Crippen molar-refractivity contribution in [3.63, 3.8) is 0 Å². The molecule has 1 aromatic rings. The lowest BCUT2D eigenvalue weighted by molar-refractivity contribution is -0.155. The largest absolute Gasteiger partial charge is 0.465 e. The lowest BCUT2D eigenvalue weighted by Crippen LogP contribution is -2.51. The van der Waals surface area contributed by atoms with Gasteiger partial charge < -0.3 is 9.84 Å². The van der Waals surface area contributed by atoms with Crippen LogP contribution in [0.15, 0.2) is 30.3 Å². The van der Waals surface area contributed by atoms with E-state index in [9.17, 15) is 9.90 Å². The summed E-state index contributed by atoms with van der Waals surface area (Å²) in [5.41, 5.74) is 1.20. The fourth-order valence-electron chi connectivity index (χ4n) is 4.04. The van der Waals surface area contributed by atoms with Gasteiger partial charge in [0.25, 0.3) is 0 Å². The van der Waals surface area contributed by atoms with Crippen LogP contribution in [0.1, 0.15) is 38.3 Å². The first-order valence-electron chi connectivity index (χ1n) is 7.80. The van der Waals surface area contributed by atoms with Crippen LogP contribution in [-0.4, -0.2) is 40.8 Å². The zero-order valence-corrected chi connectivity index (χ0v) is 12.6. The molecule has 1 saturated heterocycles. The fourth-order valence-corrected chi connectivity index (χ4v) is 4.04. The number of benzene rings is 1. The maximum absolute atomic E-state index is 12.4. The SMILES string of the molecule is CCOC(=O)[C@@H]1[C@@H]2C[C@@H](C[C@H]2O)N1[C@H](C)c1ccccc1. The van der Waals surface area contributed by atoms with Crippen molar-refractivity contribution >= 4 is 5.97 Å². The van der Waals surface area contributed by atoms with Crippen LogP contribution in [0.2, 0.25) is 0 Å². The molecule has 1 saturated carbocycles. The van der Waals surface area contributed by atoms with Gasteiger partial charge in [-0.3, -0.25) is 9.69 Å². The Morgan fingerprint density at radius 2 is 2.10 bits per heavy atom. The molecule has 0 radical (unpaired) electrons. The van der Waals surface area contributed by atoms with E-state index in [1.165, 1.54) is 5.56 Å². The van der Waals surface area contributed by atoms with Crippen LogP contribution in [0, 0.1) is 5.92 Å². The minimum Gasteiger partial charge on any atom is -0.465 e. The maximum atomic E-state index is 12.4. The van der Waals surface area contributed by atoms with Gasteiger partial charge in [0, 0.05) is 18.0 Å². The Kier molecular flexibility index (Phi) is 4.00. The summed E-state index contributed by atoms with van der Waals surface area (Å²) in [5.74, 6) is -0.174. The molecule has 1 aliphatic carbocycles. The number of carbonyl (C=O) groups excluding carboxylic acids is 1. The molecule has 2 aliphatic rings. The van der Waals surface area contributed by atoms with E-state index in [0.717, 1.165) is 12.8 Å². The molecule has 3 rings (SSSR count). The van der Waals surface area contributed by atoms with Crippen LogP contribution >= 0.6 is 0 Å². The number of nitrogens with zero attached hydrogens (tertiary/aromatic N) is 1. The molecule has 4 nitrogen and oxygen atoms in total. The number of fused-ring (bicyclic) bond motifs is 2. The van der Waals surface area contributed by atoms with Gasteiger partial charge in [-0.2, -0.15) is 0 Å². The molecule has 4 heteroatoms. The average molecular weight is 289 g/mol. The Labute approximate surface area is 125 Å². The third-order valence-corrected chi connectivity index (χ3v) is 4.96. The molecule has 1 heterocycles. The zero-order valence-electron chi connectivity index (χ0n) is 12.6. The molecule has 1 N–H and O–H groups in total. The van der Waals surface area contributed by atoms with Gasteiger partial charge in [-0.1, -0.05) is 30.3 Å². The second-order valence-electron chi connectivity index (χ2n) is 6.09. The molecular formula is C17H23NO3. The van der Waals surface area contributed by atoms with Gasteiger partial charge in [-0.25, -0.2) is 0 Å². The minimum atomic E-state index is -0.372. The smallest absolute Gasteiger partial charge is 0.323 e. The lowest BCUT2D eigenvalue weighted by atomic mass is 9.93. The molecule has 0 amide bonds. The summed E-state index contributed by atoms with van der Waals surface area (Å²) >= 11 is 0. The number of hydrogen-bond acceptors (Lipinski definition) is 4. The molecule has 0 spiro atoms. The molecule has 21 heavy (non-hydrogen) atoms. The Bertz CT molecular complexity index is 504. The van der Waals surface area contributed by atoms with Crippen molar-refractivity contribution in [3.05, 3.63) is 35.9 Å². The second kappa shape index (κ2) is 5.78. The van der Waals surface area contributed by atoms with Gasteiger partial charge in [0.2, 0.25) is 0 Å². The number of hydrogen-bond donors (Lipinski definition) is 1. The summed E-state index contributed by atoms with van der Waals surface area (Å²) < 4.78 is 5.25. The maximum Gasteiger partial charge on any atom is 0.323 e. The monoisotopic (exact) mass is 289 g/mol. The third-order valence-electron chi connectivity index (χ3n) is 4.96. The predicted octanol–water partition coefficient (Wildman–Crippen LogP) is 2.13. The molecule has 0 unspecified atom stereocenters. The van der Waals surface area contributed by atoms with Gasteiger partial charge in [0.15, 0.2) is 0 Å². The minimum absolute atomic E-state index is 0.0141. The standard InChI is InChI=1S/C17H23NO3/c1-3-21-17(20)16-14-9-13(10-15(14)19)18(16)11(2)12-7-5-4-6-8-12/h4-8,11,13-16,19H,3,9-10H2,1-2H3/t11-,13+,14-,15-,16+/m1/s1. The van der Waals surface area contributed by atoms with Crippen molar-refractivity contribution in [2.45, 2.75) is 50.9 Å². The lowest BCUT2D eigenvalue weighted by Gasteiger charge is -2.39. The van der Waals surface area contributed by atoms with Crippen LogP contribution in [0.3, 0.4) is 0 Å². The van der Waals surface area contributed by atoms with Crippen molar-refractivity contribution in [2.24, 2.45) is 5.92 Å². The molecule has 1 aliphatic heterocycles. The van der Waals surface area contributed by atoms with Crippen LogP contribution in [0.25, 0.3) is 0 Å². The van der Waals surface area contributed by atoms with Gasteiger partial charge in [-0.05, 0) is 32.3 Å². The Morgan fingerprint density at radius 3 is 2.76 bits per heavy atom. The summed E-state index contributed by atoms with van der Waals surface area (Å²) in [4.78, 5) is 14.6. The van der Waals surface area contributed by atoms with Crippen molar-refractivity contribution in [1.82, 2.24) is 4.90 Å². The van der Waals surface area contributed by atoms with Crippen molar-refractivity contribution < 1.29 is 14.6 Å². The van der Waals surface area contributed by atoms with Crippen LogP contribution in [-0.2, 0) is 9.53 Å². The summed E-state index contributed by atoms with van der Waals surface area (Å²) in [6.45, 7) is 4.34. The van der Waals surface area contributed by atoms with Crippen LogP contribution in [0.5, 0.6) is 0 Å². The number of esters is 1. The third kappa shape index (κ3) is 2.47. The first-order valence-corrected chi connectivity index (χ1v) is 7.80. The van der Waals surface area contributed by atoms with Gasteiger partial charge >= 0.3 is 5.97 Å². The predicted molar refractivity (Wildman–Crippen MR) is 79.6 cm³/mol. The van der Waals surface area contributed by atoms with Crippen molar-refractivity contribution in [1.29, 1.82) is 0 Å². The topological polar surface area (TPSA) is 49.8 Å². The zero-order chi connectivity index (χ0) is 15.0. The number of aliphatic hydroxyl groups is 1. The molecule has 5 atom stereocenters. The summed E-state index contributed by atoms with van der Waals surface area (Å²) in [6.07, 6.45) is 1.28. The molecule has 1 aromatic carbocycles. The van der Waals surface area contributed by atoms with Crippen LogP contribution in [0.4, 0.5) is 0 Å². The number of rotatable bonds is 4. The van der Waals surface area contributed by atoms with E-state index >= 15 is 0 Å². The Balaban J connectivity index is 1.87. The highest BCUT2D eigenvalue weighted by Crippen LogP contribution is 2.47. The van der Waals surface area contributed by atoms with E-state index in [-0.39, 0.29) is 36.1 Å². The number of ether oxygens (including phenoxy) is 1. The van der Waals surface area contributed by atoms with Gasteiger partial charge in [-0.15, -0.1) is 0 Å². The van der Waals surface area contributed by atoms with Crippen LogP contribution < -0.4 is 0 Å². The van der Waals surface area contributed by atoms with E-state index in [0.29, 0.717) is 6.61 Å². The average Bonchev–Trinajstić information content (AvgIpc) is 3.04. The van der Waals surface area contributed by atoms with Gasteiger partial charge in [0.05, 0.1) is 12.7 Å². The van der Waals surface area contributed by atoms with E-state index in [2.05, 4.69) is 24.0 Å². The highest BCUT2D eigenvalue weighted by molar-refractivity contribution is 5.77. The summed E-state index contributed by atoms with van der Waals surface area (Å²) in [5, 5.41) is 10.1. The summed E-state index contributed by atoms with van der Waals surface area (Å²) in [7, 11) is 0. The Morgan fingerprint density at radius 1 is 1.38 bits per heavy atom. The highest BCUT2D eigenvalue weighted by Gasteiger charge is 2.55. The molecule has 0 aromatic heterocycles. The van der Waals surface area contributed by atoms with Gasteiger partial charge in [0.1, 0.15) is 6.04 Å². The Hall–Kier alpha value is -1.39. The first-order chi connectivity index (χ1) is 10.1. The normalized spacial score (nSPS) is 33.1. The molecule has 2 bridgehead atoms. The van der Waals surface area contributed by atoms with E-state index in [1.54, 1.807) is 0 Å². The second-order valence-corrected chi connectivity index (χ2v) is 6.09. The molecular weight excluding hydrogens is 266 g/mol. The van der Waals surface area contributed by atoms with E-state index in [1.807, 2.05) is 25.1 Å². The highest BCUT2D eigenvalue weighted by atomic mass is 16.5. The number of aliphatic hydroxyl groups excluding tert-OH is 1.